The summed E-state index contributed by atoms with van der Waals surface area (Å²) in [7, 11) is 0. The Morgan fingerprint density at radius 3 is 2.85 bits per heavy atom. The summed E-state index contributed by atoms with van der Waals surface area (Å²) in [6, 6.07) is 0. The molecule has 0 saturated carbocycles. The Hall–Kier alpha value is -1.29. The lowest BCUT2D eigenvalue weighted by Crippen LogP contribution is -1.89. The van der Waals surface area contributed by atoms with E-state index >= 15 is 0 Å². The lowest BCUT2D eigenvalue weighted by atomic mass is 10.1. The highest BCUT2D eigenvalue weighted by Crippen LogP contribution is 2.19. The molecule has 0 aliphatic heterocycles. The van der Waals surface area contributed by atoms with E-state index in [-0.39, 0.29) is 10.8 Å². The van der Waals surface area contributed by atoms with E-state index in [4.69, 9.17) is 0 Å². The molecule has 0 aliphatic carbocycles. The van der Waals surface area contributed by atoms with E-state index in [9.17, 15) is 9.90 Å². The minimum Gasteiger partial charge on any atom is -0.494 e. The third kappa shape index (κ3) is 2.32. The van der Waals surface area contributed by atoms with Crippen LogP contribution in [0.15, 0.2) is 29.1 Å². The first-order valence-electron chi connectivity index (χ1n) is 3.86. The highest BCUT2D eigenvalue weighted by atomic mass is 32.1. The standard InChI is InChI=1S/C9H11NO2S/c1-3-6(4-2)5-7-8(11)10-9(12)13-7/h3-4,11H,1,5H2,2H3,(H,10,12). The second-order valence-corrected chi connectivity index (χ2v) is 3.60. The topological polar surface area (TPSA) is 53.1 Å². The zero-order valence-corrected chi connectivity index (χ0v) is 8.15. The summed E-state index contributed by atoms with van der Waals surface area (Å²) in [6.45, 7) is 5.52. The van der Waals surface area contributed by atoms with Crippen molar-refractivity contribution in [1.29, 1.82) is 0 Å². The average molecular weight is 197 g/mol. The largest absolute Gasteiger partial charge is 0.494 e. The normalized spacial score (nSPS) is 11.6. The van der Waals surface area contributed by atoms with Gasteiger partial charge in [0.2, 0.25) is 5.88 Å². The lowest BCUT2D eigenvalue weighted by molar-refractivity contribution is 0.451. The third-order valence-corrected chi connectivity index (χ3v) is 2.57. The van der Waals surface area contributed by atoms with Crippen LogP contribution in [0.1, 0.15) is 11.8 Å². The van der Waals surface area contributed by atoms with Gasteiger partial charge in [0, 0.05) is 6.42 Å². The van der Waals surface area contributed by atoms with E-state index in [0.717, 1.165) is 16.9 Å². The molecule has 4 heteroatoms. The number of aromatic hydroxyl groups is 1. The van der Waals surface area contributed by atoms with Crippen molar-refractivity contribution in [2.24, 2.45) is 0 Å². The maximum atomic E-state index is 10.8. The molecule has 0 unspecified atom stereocenters. The number of aromatic amines is 1. The molecule has 1 heterocycles. The van der Waals surface area contributed by atoms with Crippen LogP contribution in [0.25, 0.3) is 0 Å². The van der Waals surface area contributed by atoms with Gasteiger partial charge in [-0.25, -0.2) is 0 Å². The summed E-state index contributed by atoms with van der Waals surface area (Å²) < 4.78 is 0. The molecular weight excluding hydrogens is 186 g/mol. The van der Waals surface area contributed by atoms with E-state index in [2.05, 4.69) is 11.6 Å². The Labute approximate surface area is 80.1 Å². The molecule has 0 aliphatic rings. The first-order valence-corrected chi connectivity index (χ1v) is 4.67. The highest BCUT2D eigenvalue weighted by molar-refractivity contribution is 7.09. The monoisotopic (exact) mass is 197 g/mol. The van der Waals surface area contributed by atoms with Gasteiger partial charge in [0.15, 0.2) is 0 Å². The van der Waals surface area contributed by atoms with Gasteiger partial charge in [0.05, 0.1) is 4.88 Å². The van der Waals surface area contributed by atoms with Crippen molar-refractivity contribution < 1.29 is 5.11 Å². The van der Waals surface area contributed by atoms with E-state index in [1.807, 2.05) is 13.0 Å². The van der Waals surface area contributed by atoms with E-state index < -0.39 is 0 Å². The predicted octanol–water partition coefficient (Wildman–Crippen LogP) is 1.82. The third-order valence-electron chi connectivity index (χ3n) is 1.70. The van der Waals surface area contributed by atoms with Crippen LogP contribution in [0.5, 0.6) is 5.88 Å². The van der Waals surface area contributed by atoms with Crippen molar-refractivity contribution in [3.63, 3.8) is 0 Å². The summed E-state index contributed by atoms with van der Waals surface area (Å²) in [4.78, 5) is 13.6. The molecule has 1 aromatic rings. The van der Waals surface area contributed by atoms with Crippen molar-refractivity contribution in [1.82, 2.24) is 4.98 Å². The van der Waals surface area contributed by atoms with E-state index in [1.54, 1.807) is 6.08 Å². The molecule has 0 fully saturated rings. The molecule has 70 valence electrons. The van der Waals surface area contributed by atoms with Gasteiger partial charge in [-0.05, 0) is 12.5 Å². The van der Waals surface area contributed by atoms with Gasteiger partial charge in [0.25, 0.3) is 0 Å². The van der Waals surface area contributed by atoms with Crippen LogP contribution in [0, 0.1) is 0 Å². The number of H-pyrrole nitrogens is 1. The van der Waals surface area contributed by atoms with Crippen molar-refractivity contribution >= 4 is 11.3 Å². The summed E-state index contributed by atoms with van der Waals surface area (Å²) in [5.74, 6) is -0.0313. The number of allylic oxidation sites excluding steroid dienone is 3. The molecule has 0 radical (unpaired) electrons. The maximum absolute atomic E-state index is 10.8. The number of aromatic nitrogens is 1. The summed E-state index contributed by atoms with van der Waals surface area (Å²) in [6.07, 6.45) is 4.16. The fraction of sp³-hybridized carbons (Fsp3) is 0.222. The first-order chi connectivity index (χ1) is 6.17. The number of hydrogen-bond acceptors (Lipinski definition) is 3. The second-order valence-electron chi connectivity index (χ2n) is 2.53. The zero-order valence-electron chi connectivity index (χ0n) is 7.33. The fourth-order valence-electron chi connectivity index (χ4n) is 0.949. The first kappa shape index (κ1) is 9.80. The molecule has 1 aromatic heterocycles. The molecule has 0 saturated heterocycles. The quantitative estimate of drug-likeness (QED) is 0.726. The Balaban J connectivity index is 2.91. The van der Waals surface area contributed by atoms with Crippen LogP contribution < -0.4 is 4.87 Å². The van der Waals surface area contributed by atoms with Gasteiger partial charge in [-0.15, -0.1) is 0 Å². The molecule has 0 spiro atoms. The number of rotatable bonds is 3. The van der Waals surface area contributed by atoms with Crippen LogP contribution in [0.4, 0.5) is 0 Å². The zero-order chi connectivity index (χ0) is 9.84. The van der Waals surface area contributed by atoms with Crippen molar-refractivity contribution in [3.05, 3.63) is 38.8 Å². The maximum Gasteiger partial charge on any atom is 0.307 e. The van der Waals surface area contributed by atoms with E-state index in [0.29, 0.717) is 11.3 Å². The van der Waals surface area contributed by atoms with Crippen LogP contribution in [0.3, 0.4) is 0 Å². The van der Waals surface area contributed by atoms with Gasteiger partial charge < -0.3 is 5.11 Å². The van der Waals surface area contributed by atoms with Gasteiger partial charge in [0.1, 0.15) is 0 Å². The van der Waals surface area contributed by atoms with Crippen molar-refractivity contribution in [3.8, 4) is 5.88 Å². The minimum absolute atomic E-state index is 0.0313. The Morgan fingerprint density at radius 1 is 1.77 bits per heavy atom. The van der Waals surface area contributed by atoms with Crippen LogP contribution in [0.2, 0.25) is 0 Å². The summed E-state index contributed by atoms with van der Waals surface area (Å²) >= 11 is 1.02. The molecule has 3 nitrogen and oxygen atoms in total. The molecular formula is C9H11NO2S. The van der Waals surface area contributed by atoms with Crippen LogP contribution in [-0.4, -0.2) is 10.1 Å². The number of nitrogens with one attached hydrogen (secondary N) is 1. The second kappa shape index (κ2) is 4.09. The number of thiazole rings is 1. The minimum atomic E-state index is -0.230. The highest BCUT2D eigenvalue weighted by Gasteiger charge is 2.06. The average Bonchev–Trinajstić information content (AvgIpc) is 2.41. The van der Waals surface area contributed by atoms with Crippen LogP contribution in [-0.2, 0) is 6.42 Å². The molecule has 13 heavy (non-hydrogen) atoms. The van der Waals surface area contributed by atoms with Gasteiger partial charge in [-0.2, -0.15) is 0 Å². The molecule has 0 aromatic carbocycles. The molecule has 0 atom stereocenters. The predicted molar refractivity (Wildman–Crippen MR) is 54.3 cm³/mol. The van der Waals surface area contributed by atoms with Gasteiger partial charge >= 0.3 is 4.87 Å². The number of hydrogen-bond donors (Lipinski definition) is 2. The fourth-order valence-corrected chi connectivity index (χ4v) is 1.71. The molecule has 0 bridgehead atoms. The Morgan fingerprint density at radius 2 is 2.46 bits per heavy atom. The van der Waals surface area contributed by atoms with Crippen molar-refractivity contribution in [2.45, 2.75) is 13.3 Å². The van der Waals surface area contributed by atoms with Crippen LogP contribution >= 0.6 is 11.3 Å². The van der Waals surface area contributed by atoms with Crippen molar-refractivity contribution in [2.75, 3.05) is 0 Å². The van der Waals surface area contributed by atoms with Gasteiger partial charge in [-0.1, -0.05) is 30.1 Å². The molecule has 0 amide bonds. The molecule has 1 rings (SSSR count). The summed E-state index contributed by atoms with van der Waals surface area (Å²) in [5.41, 5.74) is 0.991. The SMILES string of the molecule is C=CC(=CC)Cc1sc(=O)[nH]c1O. The van der Waals surface area contributed by atoms with E-state index in [1.165, 1.54) is 0 Å². The smallest absolute Gasteiger partial charge is 0.307 e. The molecule has 2 N–H and O–H groups in total. The summed E-state index contributed by atoms with van der Waals surface area (Å²) in [5, 5.41) is 9.26. The van der Waals surface area contributed by atoms with Gasteiger partial charge in [-0.3, -0.25) is 9.78 Å². The Bertz CT molecular complexity index is 387. The Kier molecular flexibility index (Phi) is 3.08. The lowest BCUT2D eigenvalue weighted by Gasteiger charge is -1.97.